The number of nitrogens with one attached hydrogen (secondary N) is 2. The number of methoxy groups -OCH3 is 1. The summed E-state index contributed by atoms with van der Waals surface area (Å²) < 4.78 is 30.1. The summed E-state index contributed by atoms with van der Waals surface area (Å²) in [4.78, 5) is 4.24. The molecular formula is C21H27FIN3O3. The summed E-state index contributed by atoms with van der Waals surface area (Å²) in [6, 6.07) is 9.06. The lowest BCUT2D eigenvalue weighted by atomic mass is 10.1. The summed E-state index contributed by atoms with van der Waals surface area (Å²) in [5.41, 5.74) is 3.76. The normalized spacial score (nSPS) is 13.0. The number of guanidine groups is 1. The van der Waals surface area contributed by atoms with Crippen LogP contribution in [-0.2, 0) is 24.3 Å². The van der Waals surface area contributed by atoms with Gasteiger partial charge in [-0.15, -0.1) is 24.0 Å². The smallest absolute Gasteiger partial charge is 0.191 e. The zero-order valence-electron chi connectivity index (χ0n) is 16.9. The van der Waals surface area contributed by atoms with Gasteiger partial charge in [-0.1, -0.05) is 12.1 Å². The molecule has 2 aromatic carbocycles. The van der Waals surface area contributed by atoms with Crippen molar-refractivity contribution < 1.29 is 18.6 Å². The van der Waals surface area contributed by atoms with E-state index in [1.807, 2.05) is 25.1 Å². The third-order valence-corrected chi connectivity index (χ3v) is 4.55. The topological polar surface area (TPSA) is 64.1 Å². The number of halogens is 2. The monoisotopic (exact) mass is 515 g/mol. The third kappa shape index (κ3) is 6.20. The standard InChI is InChI=1S/C21H26FN3O3.HI/c1-14-4-5-16(19(8-14)26-3)11-25-21(23-2)24-7-6-15-9-18(22)10-17-12-27-13-28-20(15)17;/h4-5,8-10H,6-7,11-13H2,1-3H3,(H2,23,24,25);1H. The van der Waals surface area contributed by atoms with Gasteiger partial charge in [-0.3, -0.25) is 4.99 Å². The van der Waals surface area contributed by atoms with Crippen molar-refractivity contribution in [2.75, 3.05) is 27.5 Å². The molecule has 158 valence electrons. The van der Waals surface area contributed by atoms with Gasteiger partial charge in [0.05, 0.1) is 13.7 Å². The Kier molecular flexibility index (Phi) is 8.97. The number of aryl methyl sites for hydroxylation is 1. The van der Waals surface area contributed by atoms with Crippen LogP contribution in [0.15, 0.2) is 35.3 Å². The number of ether oxygens (including phenoxy) is 3. The fourth-order valence-corrected chi connectivity index (χ4v) is 3.16. The van der Waals surface area contributed by atoms with Crippen molar-refractivity contribution in [3.8, 4) is 11.5 Å². The van der Waals surface area contributed by atoms with E-state index in [4.69, 9.17) is 14.2 Å². The molecule has 0 radical (unpaired) electrons. The molecule has 0 saturated carbocycles. The van der Waals surface area contributed by atoms with E-state index in [-0.39, 0.29) is 36.6 Å². The summed E-state index contributed by atoms with van der Waals surface area (Å²) in [6.07, 6.45) is 0.606. The molecule has 0 bridgehead atoms. The first-order valence-corrected chi connectivity index (χ1v) is 9.20. The highest BCUT2D eigenvalue weighted by atomic mass is 127. The highest BCUT2D eigenvalue weighted by molar-refractivity contribution is 14.0. The molecule has 0 amide bonds. The zero-order chi connectivity index (χ0) is 19.9. The van der Waals surface area contributed by atoms with E-state index < -0.39 is 0 Å². The molecule has 0 spiro atoms. The van der Waals surface area contributed by atoms with Gasteiger partial charge in [0, 0.05) is 31.3 Å². The molecule has 2 aromatic rings. The Bertz CT molecular complexity index is 861. The van der Waals surface area contributed by atoms with Gasteiger partial charge in [-0.25, -0.2) is 4.39 Å². The number of benzene rings is 2. The Morgan fingerprint density at radius 3 is 2.79 bits per heavy atom. The zero-order valence-corrected chi connectivity index (χ0v) is 19.2. The summed E-state index contributed by atoms with van der Waals surface area (Å²) >= 11 is 0. The predicted molar refractivity (Wildman–Crippen MR) is 122 cm³/mol. The second-order valence-electron chi connectivity index (χ2n) is 6.58. The van der Waals surface area contributed by atoms with Crippen LogP contribution >= 0.6 is 24.0 Å². The number of aliphatic imine (C=N–C) groups is 1. The van der Waals surface area contributed by atoms with Gasteiger partial charge in [0.15, 0.2) is 12.8 Å². The fraction of sp³-hybridized carbons (Fsp3) is 0.381. The Hall–Kier alpha value is -2.07. The molecule has 3 rings (SSSR count). The van der Waals surface area contributed by atoms with Crippen molar-refractivity contribution in [2.24, 2.45) is 4.99 Å². The Labute approximate surface area is 187 Å². The quantitative estimate of drug-likeness (QED) is 0.350. The molecule has 0 saturated heterocycles. The van der Waals surface area contributed by atoms with E-state index in [9.17, 15) is 4.39 Å². The van der Waals surface area contributed by atoms with Crippen molar-refractivity contribution in [2.45, 2.75) is 26.5 Å². The van der Waals surface area contributed by atoms with Crippen LogP contribution in [-0.4, -0.2) is 33.5 Å². The van der Waals surface area contributed by atoms with Crippen LogP contribution in [0, 0.1) is 12.7 Å². The van der Waals surface area contributed by atoms with Gasteiger partial charge >= 0.3 is 0 Å². The van der Waals surface area contributed by atoms with Gasteiger partial charge < -0.3 is 24.8 Å². The van der Waals surface area contributed by atoms with Crippen molar-refractivity contribution in [3.63, 3.8) is 0 Å². The first-order valence-electron chi connectivity index (χ1n) is 9.20. The molecule has 29 heavy (non-hydrogen) atoms. The molecule has 8 heteroatoms. The maximum Gasteiger partial charge on any atom is 0.191 e. The lowest BCUT2D eigenvalue weighted by molar-refractivity contribution is -0.0172. The molecular weight excluding hydrogens is 488 g/mol. The summed E-state index contributed by atoms with van der Waals surface area (Å²) in [5.74, 6) is 1.95. The van der Waals surface area contributed by atoms with Gasteiger partial charge in [-0.2, -0.15) is 0 Å². The van der Waals surface area contributed by atoms with Crippen molar-refractivity contribution in [3.05, 3.63) is 58.4 Å². The summed E-state index contributed by atoms with van der Waals surface area (Å²) in [5, 5.41) is 6.53. The molecule has 0 unspecified atom stereocenters. The van der Waals surface area contributed by atoms with Gasteiger partial charge in [-0.05, 0) is 42.7 Å². The Balaban J connectivity index is 0.00000300. The van der Waals surface area contributed by atoms with E-state index in [2.05, 4.69) is 15.6 Å². The lowest BCUT2D eigenvalue weighted by Gasteiger charge is -2.21. The van der Waals surface area contributed by atoms with Gasteiger partial charge in [0.25, 0.3) is 0 Å². The van der Waals surface area contributed by atoms with E-state index >= 15 is 0 Å². The fourth-order valence-electron chi connectivity index (χ4n) is 3.16. The highest BCUT2D eigenvalue weighted by Crippen LogP contribution is 2.29. The molecule has 2 N–H and O–H groups in total. The van der Waals surface area contributed by atoms with Crippen molar-refractivity contribution >= 4 is 29.9 Å². The van der Waals surface area contributed by atoms with Crippen LogP contribution in [0.25, 0.3) is 0 Å². The number of fused-ring (bicyclic) bond motifs is 1. The lowest BCUT2D eigenvalue weighted by Crippen LogP contribution is -2.38. The number of nitrogens with zero attached hydrogens (tertiary/aromatic N) is 1. The second kappa shape index (κ2) is 11.2. The number of rotatable bonds is 6. The largest absolute Gasteiger partial charge is 0.496 e. The molecule has 1 aliphatic heterocycles. The molecule has 1 aliphatic rings. The van der Waals surface area contributed by atoms with Crippen LogP contribution in [0.2, 0.25) is 0 Å². The average molecular weight is 515 g/mol. The van der Waals surface area contributed by atoms with Crippen LogP contribution in [0.3, 0.4) is 0 Å². The second-order valence-corrected chi connectivity index (χ2v) is 6.58. The molecule has 6 nitrogen and oxygen atoms in total. The van der Waals surface area contributed by atoms with Gasteiger partial charge in [0.1, 0.15) is 17.3 Å². The van der Waals surface area contributed by atoms with E-state index in [0.717, 1.165) is 33.8 Å². The minimum atomic E-state index is -0.281. The third-order valence-electron chi connectivity index (χ3n) is 4.55. The predicted octanol–water partition coefficient (Wildman–Crippen LogP) is 3.53. The first kappa shape index (κ1) is 23.2. The summed E-state index contributed by atoms with van der Waals surface area (Å²) in [6.45, 7) is 3.76. The van der Waals surface area contributed by atoms with E-state index in [1.165, 1.54) is 12.1 Å². The molecule has 0 aliphatic carbocycles. The summed E-state index contributed by atoms with van der Waals surface area (Å²) in [7, 11) is 3.38. The van der Waals surface area contributed by atoms with Crippen LogP contribution in [0.1, 0.15) is 22.3 Å². The maximum atomic E-state index is 13.8. The number of hydrogen-bond acceptors (Lipinski definition) is 4. The SMILES string of the molecule is CN=C(NCCc1cc(F)cc2c1OCOC2)NCc1ccc(C)cc1OC.I. The Morgan fingerprint density at radius 2 is 2.03 bits per heavy atom. The van der Waals surface area contributed by atoms with Crippen LogP contribution in [0.5, 0.6) is 11.5 Å². The van der Waals surface area contributed by atoms with Crippen molar-refractivity contribution in [1.29, 1.82) is 0 Å². The van der Waals surface area contributed by atoms with Crippen LogP contribution < -0.4 is 20.1 Å². The van der Waals surface area contributed by atoms with E-state index in [1.54, 1.807) is 14.2 Å². The minimum absolute atomic E-state index is 0. The van der Waals surface area contributed by atoms with E-state index in [0.29, 0.717) is 32.1 Å². The Morgan fingerprint density at radius 1 is 1.21 bits per heavy atom. The molecule has 0 fully saturated rings. The van der Waals surface area contributed by atoms with Crippen molar-refractivity contribution in [1.82, 2.24) is 10.6 Å². The minimum Gasteiger partial charge on any atom is -0.496 e. The first-order chi connectivity index (χ1) is 13.6. The maximum absolute atomic E-state index is 13.8. The average Bonchev–Trinajstić information content (AvgIpc) is 2.70. The van der Waals surface area contributed by atoms with Gasteiger partial charge in [0.2, 0.25) is 0 Å². The highest BCUT2D eigenvalue weighted by Gasteiger charge is 2.16. The molecule has 0 atom stereocenters. The van der Waals surface area contributed by atoms with Crippen LogP contribution in [0.4, 0.5) is 4.39 Å². The molecule has 1 heterocycles. The number of hydrogen-bond donors (Lipinski definition) is 2. The molecule has 0 aromatic heterocycles.